The molecule has 0 radical (unpaired) electrons. The first-order valence-electron chi connectivity index (χ1n) is 10.1. The summed E-state index contributed by atoms with van der Waals surface area (Å²) < 4.78 is 14.2. The molecule has 0 aliphatic rings. The maximum absolute atomic E-state index is 13.3. The second kappa shape index (κ2) is 10.9. The molecule has 0 spiro atoms. The summed E-state index contributed by atoms with van der Waals surface area (Å²) in [6.45, 7) is 6.32. The summed E-state index contributed by atoms with van der Waals surface area (Å²) in [5.41, 5.74) is 1.15. The van der Waals surface area contributed by atoms with Crippen molar-refractivity contribution in [1.29, 1.82) is 5.26 Å². The fourth-order valence-corrected chi connectivity index (χ4v) is 4.22. The number of benzene rings is 2. The van der Waals surface area contributed by atoms with Gasteiger partial charge in [0.2, 0.25) is 0 Å². The summed E-state index contributed by atoms with van der Waals surface area (Å²) >= 11 is 5.55. The third-order valence-corrected chi connectivity index (χ3v) is 6.12. The maximum atomic E-state index is 13.3. The van der Waals surface area contributed by atoms with Crippen molar-refractivity contribution in [1.82, 2.24) is 9.66 Å². The van der Waals surface area contributed by atoms with Gasteiger partial charge in [-0.15, -0.1) is 0 Å². The molecule has 0 N–H and O–H groups in total. The topological polar surface area (TPSA) is 89.5 Å². The summed E-state index contributed by atoms with van der Waals surface area (Å²) in [5.74, 6) is 1.69. The molecule has 3 aromatic rings. The van der Waals surface area contributed by atoms with E-state index in [1.54, 1.807) is 18.3 Å². The Morgan fingerprint density at radius 2 is 2.09 bits per heavy atom. The molecule has 0 saturated heterocycles. The lowest BCUT2D eigenvalue weighted by atomic mass is 10.1. The summed E-state index contributed by atoms with van der Waals surface area (Å²) in [5, 5.41) is 13.8. The van der Waals surface area contributed by atoms with Crippen LogP contribution in [0, 0.1) is 14.9 Å². The molecule has 9 heteroatoms. The Morgan fingerprint density at radius 3 is 2.78 bits per heavy atom. The van der Waals surface area contributed by atoms with Gasteiger partial charge < -0.3 is 9.47 Å². The van der Waals surface area contributed by atoms with E-state index in [1.165, 1.54) is 4.68 Å². The minimum atomic E-state index is -0.225. The number of ether oxygens (including phenoxy) is 2. The summed E-state index contributed by atoms with van der Waals surface area (Å²) in [6.07, 6.45) is 2.43. The van der Waals surface area contributed by atoms with E-state index in [4.69, 9.17) is 19.7 Å². The molecule has 0 fully saturated rings. The van der Waals surface area contributed by atoms with Crippen molar-refractivity contribution in [2.24, 2.45) is 5.10 Å². The van der Waals surface area contributed by atoms with E-state index in [0.717, 1.165) is 20.0 Å². The molecular formula is C23H22BrIN4O3. The molecule has 32 heavy (non-hydrogen) atoms. The van der Waals surface area contributed by atoms with Crippen molar-refractivity contribution in [2.45, 2.75) is 33.1 Å². The van der Waals surface area contributed by atoms with Gasteiger partial charge in [-0.2, -0.15) is 15.0 Å². The van der Waals surface area contributed by atoms with Gasteiger partial charge >= 0.3 is 0 Å². The van der Waals surface area contributed by atoms with Gasteiger partial charge in [0.1, 0.15) is 11.9 Å². The van der Waals surface area contributed by atoms with Crippen molar-refractivity contribution in [3.8, 4) is 17.6 Å². The first kappa shape index (κ1) is 24.2. The van der Waals surface area contributed by atoms with Crippen molar-refractivity contribution < 1.29 is 9.47 Å². The molecule has 0 bridgehead atoms. The molecular weight excluding hydrogens is 587 g/mol. The average molecular weight is 609 g/mol. The zero-order valence-corrected chi connectivity index (χ0v) is 21.7. The molecule has 7 nitrogen and oxygen atoms in total. The molecule has 2 aromatic carbocycles. The molecule has 166 valence electrons. The fraction of sp³-hybridized carbons (Fsp3) is 0.304. The number of nitriles is 1. The first-order valence-corrected chi connectivity index (χ1v) is 12.0. The second-order valence-corrected chi connectivity index (χ2v) is 9.09. The van der Waals surface area contributed by atoms with Gasteiger partial charge in [0.05, 0.1) is 27.3 Å². The Kier molecular flexibility index (Phi) is 8.26. The maximum Gasteiger partial charge on any atom is 0.282 e. The predicted molar refractivity (Wildman–Crippen MR) is 137 cm³/mol. The van der Waals surface area contributed by atoms with Crippen LogP contribution < -0.4 is 15.0 Å². The van der Waals surface area contributed by atoms with Crippen LogP contribution in [0.5, 0.6) is 11.5 Å². The molecule has 0 unspecified atom stereocenters. The second-order valence-electron chi connectivity index (χ2n) is 7.01. The van der Waals surface area contributed by atoms with Crippen molar-refractivity contribution >= 4 is 55.6 Å². The van der Waals surface area contributed by atoms with Crippen LogP contribution >= 0.6 is 38.5 Å². The van der Waals surface area contributed by atoms with Gasteiger partial charge in [0.25, 0.3) is 5.56 Å². The van der Waals surface area contributed by atoms with Crippen LogP contribution in [0.1, 0.15) is 44.5 Å². The Bertz CT molecular complexity index is 1270. The van der Waals surface area contributed by atoms with Crippen LogP contribution in [0.2, 0.25) is 0 Å². The van der Waals surface area contributed by atoms with Crippen LogP contribution in [0.3, 0.4) is 0 Å². The van der Waals surface area contributed by atoms with Gasteiger partial charge in [0, 0.05) is 10.4 Å². The van der Waals surface area contributed by atoms with E-state index in [9.17, 15) is 4.79 Å². The molecule has 3 rings (SSSR count). The van der Waals surface area contributed by atoms with Crippen LogP contribution in [0.25, 0.3) is 10.9 Å². The van der Waals surface area contributed by atoms with E-state index in [2.05, 4.69) is 43.6 Å². The molecule has 1 heterocycles. The minimum Gasteiger partial charge on any atom is -0.490 e. The molecule has 1 aromatic heterocycles. The Hall–Kier alpha value is -2.45. The van der Waals surface area contributed by atoms with Crippen molar-refractivity contribution in [2.75, 3.05) is 13.2 Å². The van der Waals surface area contributed by atoms with Gasteiger partial charge in [-0.1, -0.05) is 29.8 Å². The highest BCUT2D eigenvalue weighted by Crippen LogP contribution is 2.34. The summed E-state index contributed by atoms with van der Waals surface area (Å²) in [4.78, 5) is 18.0. The lowest BCUT2D eigenvalue weighted by molar-refractivity contribution is 0.297. The SMILES string of the molecule is CCOc1cc(C=Nn2c([C@H](C)CC)nc3ccc(Br)cc3c2=O)cc(I)c1OCC#N. The van der Waals surface area contributed by atoms with E-state index in [1.807, 2.05) is 45.0 Å². The van der Waals surface area contributed by atoms with Gasteiger partial charge in [-0.3, -0.25) is 4.79 Å². The van der Waals surface area contributed by atoms with Crippen LogP contribution in [0.4, 0.5) is 0 Å². The van der Waals surface area contributed by atoms with Gasteiger partial charge in [0.15, 0.2) is 18.1 Å². The number of hydrogen-bond donors (Lipinski definition) is 0. The van der Waals surface area contributed by atoms with Crippen molar-refractivity contribution in [3.63, 3.8) is 0 Å². The lowest BCUT2D eigenvalue weighted by Crippen LogP contribution is -2.23. The minimum absolute atomic E-state index is 0.0498. The lowest BCUT2D eigenvalue weighted by Gasteiger charge is -2.14. The molecule has 0 aliphatic heterocycles. The number of fused-ring (bicyclic) bond motifs is 1. The van der Waals surface area contributed by atoms with Gasteiger partial charge in [-0.25, -0.2) is 4.98 Å². The number of halogens is 2. The standard InChI is InChI=1S/C23H22BrIN4O3/c1-4-14(3)22-28-19-7-6-16(24)12-17(19)23(30)29(22)27-13-15-10-18(25)21(32-9-8-26)20(11-15)31-5-2/h6-7,10-14H,4-5,9H2,1-3H3/t14-/m1/s1. The van der Waals surface area contributed by atoms with Gasteiger partial charge in [-0.05, 0) is 71.8 Å². The Labute approximate surface area is 208 Å². The monoisotopic (exact) mass is 608 g/mol. The third kappa shape index (κ3) is 5.30. The van der Waals surface area contributed by atoms with E-state index >= 15 is 0 Å². The van der Waals surface area contributed by atoms with Crippen LogP contribution in [-0.4, -0.2) is 29.1 Å². The summed E-state index contributed by atoms with van der Waals surface area (Å²) in [7, 11) is 0. The highest BCUT2D eigenvalue weighted by Gasteiger charge is 2.16. The van der Waals surface area contributed by atoms with E-state index in [-0.39, 0.29) is 18.1 Å². The largest absolute Gasteiger partial charge is 0.490 e. The highest BCUT2D eigenvalue weighted by atomic mass is 127. The third-order valence-electron chi connectivity index (χ3n) is 4.82. The Balaban J connectivity index is 2.12. The molecule has 0 amide bonds. The number of aromatic nitrogens is 2. The molecule has 1 atom stereocenters. The quantitative estimate of drug-likeness (QED) is 0.250. The first-order chi connectivity index (χ1) is 15.4. The van der Waals surface area contributed by atoms with E-state index in [0.29, 0.717) is 34.8 Å². The fourth-order valence-electron chi connectivity index (χ4n) is 3.07. The number of hydrogen-bond acceptors (Lipinski definition) is 6. The van der Waals surface area contributed by atoms with Crippen LogP contribution in [-0.2, 0) is 0 Å². The normalized spacial score (nSPS) is 12.1. The molecule has 0 saturated carbocycles. The molecule has 0 aliphatic carbocycles. The van der Waals surface area contributed by atoms with Crippen LogP contribution in [0.15, 0.2) is 44.7 Å². The highest BCUT2D eigenvalue weighted by molar-refractivity contribution is 14.1. The zero-order valence-electron chi connectivity index (χ0n) is 17.9. The predicted octanol–water partition coefficient (Wildman–Crippen LogP) is 5.46. The zero-order chi connectivity index (χ0) is 23.3. The smallest absolute Gasteiger partial charge is 0.282 e. The van der Waals surface area contributed by atoms with E-state index < -0.39 is 0 Å². The van der Waals surface area contributed by atoms with Crippen molar-refractivity contribution in [3.05, 3.63) is 60.1 Å². The number of rotatable bonds is 8. The Morgan fingerprint density at radius 1 is 1.31 bits per heavy atom. The summed E-state index contributed by atoms with van der Waals surface area (Å²) in [6, 6.07) is 11.1. The number of nitrogens with zero attached hydrogens (tertiary/aromatic N) is 4. The average Bonchev–Trinajstić information content (AvgIpc) is 2.78.